The number of ether oxygens (including phenoxy) is 2. The summed E-state index contributed by atoms with van der Waals surface area (Å²) in [5.74, 6) is 2.03. The molecule has 4 heteroatoms. The van der Waals surface area contributed by atoms with E-state index >= 15 is 0 Å². The molecule has 96 valence electrons. The summed E-state index contributed by atoms with van der Waals surface area (Å²) < 4.78 is 11.4. The van der Waals surface area contributed by atoms with E-state index in [-0.39, 0.29) is 17.5 Å². The third kappa shape index (κ3) is 2.31. The Morgan fingerprint density at radius 2 is 1.71 bits per heavy atom. The molecular weight excluding hydrogens is 216 g/mol. The monoisotopic (exact) mass is 238 g/mol. The van der Waals surface area contributed by atoms with Crippen LogP contribution in [0.15, 0.2) is 9.98 Å². The minimum absolute atomic E-state index is 0.243. The molecule has 2 aliphatic rings. The summed E-state index contributed by atoms with van der Waals surface area (Å²) in [5, 5.41) is 0. The fourth-order valence-electron chi connectivity index (χ4n) is 1.98. The van der Waals surface area contributed by atoms with Crippen LogP contribution in [0, 0.1) is 11.3 Å². The zero-order valence-electron chi connectivity index (χ0n) is 11.4. The average Bonchev–Trinajstić information content (AvgIpc) is 2.85. The molecule has 0 spiro atoms. The van der Waals surface area contributed by atoms with Crippen LogP contribution in [0.2, 0.25) is 0 Å². The minimum atomic E-state index is -0.339. The van der Waals surface area contributed by atoms with Crippen LogP contribution in [-0.4, -0.2) is 37.1 Å². The summed E-state index contributed by atoms with van der Waals surface area (Å²) in [6.07, 6.45) is 0. The number of hydrogen-bond acceptors (Lipinski definition) is 4. The molecule has 0 aromatic rings. The molecule has 0 saturated carbocycles. The van der Waals surface area contributed by atoms with Crippen molar-refractivity contribution in [1.29, 1.82) is 0 Å². The van der Waals surface area contributed by atoms with Crippen molar-refractivity contribution in [3.8, 4) is 0 Å². The van der Waals surface area contributed by atoms with Gasteiger partial charge in [-0.15, -0.1) is 0 Å². The predicted molar refractivity (Wildman–Crippen MR) is 68.6 cm³/mol. The molecule has 2 unspecified atom stereocenters. The first kappa shape index (κ1) is 12.4. The van der Waals surface area contributed by atoms with Gasteiger partial charge < -0.3 is 9.47 Å². The Kier molecular flexibility index (Phi) is 3.15. The van der Waals surface area contributed by atoms with E-state index in [2.05, 4.69) is 44.6 Å². The fraction of sp³-hybridized carbons (Fsp3) is 0.846. The summed E-state index contributed by atoms with van der Waals surface area (Å²) in [4.78, 5) is 9.17. The molecule has 0 N–H and O–H groups in total. The second-order valence-electron chi connectivity index (χ2n) is 5.78. The van der Waals surface area contributed by atoms with Crippen molar-refractivity contribution < 1.29 is 9.47 Å². The highest BCUT2D eigenvalue weighted by Crippen LogP contribution is 2.29. The van der Waals surface area contributed by atoms with Gasteiger partial charge in [0, 0.05) is 0 Å². The average molecular weight is 238 g/mol. The molecule has 17 heavy (non-hydrogen) atoms. The van der Waals surface area contributed by atoms with Crippen LogP contribution >= 0.6 is 0 Å². The highest BCUT2D eigenvalue weighted by Gasteiger charge is 2.41. The third-order valence-electron chi connectivity index (χ3n) is 3.31. The number of hydrogen-bond donors (Lipinski definition) is 0. The van der Waals surface area contributed by atoms with Crippen LogP contribution in [0.1, 0.15) is 34.6 Å². The summed E-state index contributed by atoms with van der Waals surface area (Å²) >= 11 is 0. The molecule has 4 nitrogen and oxygen atoms in total. The molecule has 0 aromatic heterocycles. The lowest BCUT2D eigenvalue weighted by atomic mass is 9.93. The van der Waals surface area contributed by atoms with Gasteiger partial charge in [0.25, 0.3) is 0 Å². The van der Waals surface area contributed by atoms with Crippen LogP contribution in [0.3, 0.4) is 0 Å². The molecule has 0 radical (unpaired) electrons. The summed E-state index contributed by atoms with van der Waals surface area (Å²) in [5.41, 5.74) is -0.339. The van der Waals surface area contributed by atoms with E-state index in [1.165, 1.54) is 0 Å². The first-order valence-corrected chi connectivity index (χ1v) is 6.33. The maximum atomic E-state index is 5.73. The second kappa shape index (κ2) is 4.31. The van der Waals surface area contributed by atoms with E-state index in [0.717, 1.165) is 11.8 Å². The maximum Gasteiger partial charge on any atom is 0.199 e. The van der Waals surface area contributed by atoms with Crippen molar-refractivity contribution in [2.24, 2.45) is 21.3 Å². The summed E-state index contributed by atoms with van der Waals surface area (Å²) in [6.45, 7) is 11.9. The van der Waals surface area contributed by atoms with E-state index in [4.69, 9.17) is 9.47 Å². The lowest BCUT2D eigenvalue weighted by Gasteiger charge is -2.22. The van der Waals surface area contributed by atoms with Gasteiger partial charge in [0.2, 0.25) is 0 Å². The zero-order valence-corrected chi connectivity index (χ0v) is 11.4. The predicted octanol–water partition coefficient (Wildman–Crippen LogP) is 2.28. The Labute approximate surface area is 103 Å². The first-order chi connectivity index (χ1) is 7.91. The summed E-state index contributed by atoms with van der Waals surface area (Å²) in [7, 11) is 0. The Morgan fingerprint density at radius 1 is 1.12 bits per heavy atom. The van der Waals surface area contributed by atoms with Crippen molar-refractivity contribution >= 4 is 11.8 Å². The molecule has 2 heterocycles. The Morgan fingerprint density at radius 3 is 2.18 bits per heavy atom. The van der Waals surface area contributed by atoms with Crippen LogP contribution in [0.4, 0.5) is 0 Å². The van der Waals surface area contributed by atoms with Crippen LogP contribution < -0.4 is 0 Å². The van der Waals surface area contributed by atoms with Crippen molar-refractivity contribution in [3.05, 3.63) is 0 Å². The lowest BCUT2D eigenvalue weighted by molar-refractivity contribution is 0.256. The fourth-order valence-corrected chi connectivity index (χ4v) is 1.98. The molecule has 0 saturated heterocycles. The van der Waals surface area contributed by atoms with Crippen molar-refractivity contribution in [2.75, 3.05) is 13.2 Å². The quantitative estimate of drug-likeness (QED) is 0.757. The summed E-state index contributed by atoms with van der Waals surface area (Å²) in [6, 6.07) is 0.510. The molecule has 0 aromatic carbocycles. The van der Waals surface area contributed by atoms with E-state index < -0.39 is 0 Å². The minimum Gasteiger partial charge on any atom is -0.478 e. The largest absolute Gasteiger partial charge is 0.478 e. The standard InChI is InChI=1S/C13H22N2O2/c1-8(2)10-7-17-12(15-10)13(4,5)11-14-9(3)6-16-11/h8-10H,6-7H2,1-5H3. The molecule has 2 atom stereocenters. The van der Waals surface area contributed by atoms with Gasteiger partial charge in [-0.3, -0.25) is 0 Å². The lowest BCUT2D eigenvalue weighted by Crippen LogP contribution is -2.34. The number of aliphatic imine (C=N–C) groups is 2. The molecule has 2 rings (SSSR count). The second-order valence-corrected chi connectivity index (χ2v) is 5.78. The van der Waals surface area contributed by atoms with Gasteiger partial charge in [-0.1, -0.05) is 13.8 Å². The van der Waals surface area contributed by atoms with Crippen LogP contribution in [0.5, 0.6) is 0 Å². The van der Waals surface area contributed by atoms with Gasteiger partial charge in [-0.05, 0) is 26.7 Å². The van der Waals surface area contributed by atoms with Gasteiger partial charge in [-0.25, -0.2) is 9.98 Å². The van der Waals surface area contributed by atoms with E-state index in [1.807, 2.05) is 0 Å². The van der Waals surface area contributed by atoms with Gasteiger partial charge in [-0.2, -0.15) is 0 Å². The normalized spacial score (nSPS) is 28.8. The first-order valence-electron chi connectivity index (χ1n) is 6.33. The molecule has 0 fully saturated rings. The highest BCUT2D eigenvalue weighted by molar-refractivity contribution is 6.05. The van der Waals surface area contributed by atoms with Gasteiger partial charge in [0.05, 0.1) is 12.1 Å². The van der Waals surface area contributed by atoms with Crippen molar-refractivity contribution in [2.45, 2.75) is 46.7 Å². The molecule has 0 aliphatic carbocycles. The Bertz CT molecular complexity index is 358. The van der Waals surface area contributed by atoms with Gasteiger partial charge in [0.15, 0.2) is 11.8 Å². The van der Waals surface area contributed by atoms with Crippen LogP contribution in [-0.2, 0) is 9.47 Å². The van der Waals surface area contributed by atoms with Crippen molar-refractivity contribution in [3.63, 3.8) is 0 Å². The molecule has 2 aliphatic heterocycles. The topological polar surface area (TPSA) is 43.2 Å². The number of rotatable bonds is 3. The molecule has 0 bridgehead atoms. The van der Waals surface area contributed by atoms with E-state index in [1.54, 1.807) is 0 Å². The number of nitrogens with zero attached hydrogens (tertiary/aromatic N) is 2. The Hall–Kier alpha value is -1.06. The highest BCUT2D eigenvalue weighted by atomic mass is 16.5. The maximum absolute atomic E-state index is 5.73. The third-order valence-corrected chi connectivity index (χ3v) is 3.31. The molecule has 0 amide bonds. The van der Waals surface area contributed by atoms with Gasteiger partial charge >= 0.3 is 0 Å². The van der Waals surface area contributed by atoms with Gasteiger partial charge in [0.1, 0.15) is 18.6 Å². The van der Waals surface area contributed by atoms with E-state index in [0.29, 0.717) is 19.1 Å². The smallest absolute Gasteiger partial charge is 0.199 e. The molecular formula is C13H22N2O2. The SMILES string of the molecule is CC1COC(C(C)(C)C2=NC(C(C)C)CO2)=N1. The zero-order chi connectivity index (χ0) is 12.6. The van der Waals surface area contributed by atoms with Crippen LogP contribution in [0.25, 0.3) is 0 Å². The van der Waals surface area contributed by atoms with Crippen molar-refractivity contribution in [1.82, 2.24) is 0 Å². The van der Waals surface area contributed by atoms with E-state index in [9.17, 15) is 0 Å². The Balaban J connectivity index is 2.17.